The quantitative estimate of drug-likeness (QED) is 0.838. The van der Waals surface area contributed by atoms with Crippen LogP contribution in [0, 0.1) is 12.7 Å². The Morgan fingerprint density at radius 2 is 1.90 bits per heavy atom. The van der Waals surface area contributed by atoms with Crippen molar-refractivity contribution >= 4 is 23.2 Å². The molecule has 0 bridgehead atoms. The van der Waals surface area contributed by atoms with Crippen LogP contribution in [0.1, 0.15) is 24.8 Å². The zero-order valence-electron chi connectivity index (χ0n) is 17.1. The Morgan fingerprint density at radius 1 is 1.13 bits per heavy atom. The fourth-order valence-corrected chi connectivity index (χ4v) is 3.99. The molecule has 2 heterocycles. The van der Waals surface area contributed by atoms with Gasteiger partial charge in [-0.2, -0.15) is 0 Å². The molecule has 0 spiro atoms. The van der Waals surface area contributed by atoms with Crippen LogP contribution in [0.2, 0.25) is 0 Å². The molecule has 7 heteroatoms. The average Bonchev–Trinajstić information content (AvgIpc) is 2.75. The number of hydrogen-bond acceptors (Lipinski definition) is 4. The molecule has 4 rings (SSSR count). The van der Waals surface area contributed by atoms with Gasteiger partial charge in [0.15, 0.2) is 6.10 Å². The Balaban J connectivity index is 1.49. The molecule has 1 saturated heterocycles. The molecule has 0 unspecified atom stereocenters. The lowest BCUT2D eigenvalue weighted by atomic mass is 10.1. The van der Waals surface area contributed by atoms with E-state index in [-0.39, 0.29) is 30.6 Å². The van der Waals surface area contributed by atoms with E-state index in [9.17, 15) is 14.0 Å². The number of carbonyl (C=O) groups excluding carboxylic acids is 2. The van der Waals surface area contributed by atoms with Crippen LogP contribution >= 0.6 is 0 Å². The van der Waals surface area contributed by atoms with Crippen molar-refractivity contribution < 1.29 is 18.7 Å². The van der Waals surface area contributed by atoms with Gasteiger partial charge >= 0.3 is 0 Å². The number of piperidine rings is 1. The molecule has 2 aliphatic rings. The maximum absolute atomic E-state index is 14.1. The smallest absolute Gasteiger partial charge is 0.265 e. The van der Waals surface area contributed by atoms with Crippen LogP contribution in [0.15, 0.2) is 42.5 Å². The summed E-state index contributed by atoms with van der Waals surface area (Å²) >= 11 is 0. The lowest BCUT2D eigenvalue weighted by Crippen LogP contribution is -2.52. The zero-order valence-corrected chi connectivity index (χ0v) is 17.1. The molecule has 1 N–H and O–H groups in total. The summed E-state index contributed by atoms with van der Waals surface area (Å²) in [4.78, 5) is 29.3. The van der Waals surface area contributed by atoms with E-state index in [1.54, 1.807) is 25.1 Å². The van der Waals surface area contributed by atoms with Crippen LogP contribution in [0.25, 0.3) is 0 Å². The lowest BCUT2D eigenvalue weighted by molar-refractivity contribution is -0.139. The summed E-state index contributed by atoms with van der Waals surface area (Å²) in [7, 11) is 0. The molecule has 2 aliphatic heterocycles. The van der Waals surface area contributed by atoms with E-state index in [0.29, 0.717) is 5.75 Å². The summed E-state index contributed by atoms with van der Waals surface area (Å²) in [5.74, 6) is -0.282. The van der Waals surface area contributed by atoms with Crippen molar-refractivity contribution in [2.45, 2.75) is 32.3 Å². The number of likely N-dealkylation sites (tertiary alicyclic amines) is 1. The van der Waals surface area contributed by atoms with Gasteiger partial charge in [0.05, 0.1) is 24.5 Å². The molecule has 0 aromatic heterocycles. The SMILES string of the molecule is Cc1ccc(NC(=O)CN2C[C@@H](C(=O)N3CCCCC3)Oc3ccccc32)c(F)c1. The number of benzene rings is 2. The predicted molar refractivity (Wildman–Crippen MR) is 113 cm³/mol. The number of hydrogen-bond donors (Lipinski definition) is 1. The highest BCUT2D eigenvalue weighted by Crippen LogP contribution is 2.33. The van der Waals surface area contributed by atoms with Crippen molar-refractivity contribution in [3.05, 3.63) is 53.8 Å². The van der Waals surface area contributed by atoms with Crippen molar-refractivity contribution in [3.8, 4) is 5.75 Å². The van der Waals surface area contributed by atoms with E-state index in [0.717, 1.165) is 43.6 Å². The van der Waals surface area contributed by atoms with Gasteiger partial charge in [-0.25, -0.2) is 4.39 Å². The van der Waals surface area contributed by atoms with E-state index in [2.05, 4.69) is 5.32 Å². The summed E-state index contributed by atoms with van der Waals surface area (Å²) in [6.07, 6.45) is 2.48. The van der Waals surface area contributed by atoms with Gasteiger partial charge in [0.1, 0.15) is 11.6 Å². The average molecular weight is 411 g/mol. The summed E-state index contributed by atoms with van der Waals surface area (Å²) < 4.78 is 20.1. The molecule has 0 radical (unpaired) electrons. The van der Waals surface area contributed by atoms with Crippen molar-refractivity contribution in [1.82, 2.24) is 4.90 Å². The highest BCUT2D eigenvalue weighted by Gasteiger charge is 2.34. The second kappa shape index (κ2) is 8.73. The predicted octanol–water partition coefficient (Wildman–Crippen LogP) is 3.35. The van der Waals surface area contributed by atoms with Crippen molar-refractivity contribution in [2.24, 2.45) is 0 Å². The van der Waals surface area contributed by atoms with Crippen LogP contribution < -0.4 is 15.0 Å². The van der Waals surface area contributed by atoms with Gasteiger partial charge in [0, 0.05) is 13.1 Å². The van der Waals surface area contributed by atoms with Crippen molar-refractivity contribution in [2.75, 3.05) is 36.4 Å². The number of nitrogens with one attached hydrogen (secondary N) is 1. The molecule has 0 aliphatic carbocycles. The Labute approximate surface area is 175 Å². The first-order valence-corrected chi connectivity index (χ1v) is 10.4. The lowest BCUT2D eigenvalue weighted by Gasteiger charge is -2.38. The van der Waals surface area contributed by atoms with Gasteiger partial charge in [-0.05, 0) is 56.0 Å². The molecule has 1 atom stereocenters. The first-order chi connectivity index (χ1) is 14.5. The first kappa shape index (κ1) is 20.2. The minimum Gasteiger partial charge on any atom is -0.477 e. The standard InChI is InChI=1S/C23H26FN3O3/c1-16-9-10-18(17(24)13-16)25-22(28)15-27-14-21(23(29)26-11-5-2-6-12-26)30-20-8-4-3-7-19(20)27/h3-4,7-10,13,21H,2,5-6,11-12,14-15H2,1H3,(H,25,28)/t21-/m0/s1. The Bertz CT molecular complexity index is 943. The largest absolute Gasteiger partial charge is 0.477 e. The number of ether oxygens (including phenoxy) is 1. The van der Waals surface area contributed by atoms with E-state index in [1.165, 1.54) is 6.07 Å². The van der Waals surface area contributed by atoms with Gasteiger partial charge in [0.25, 0.3) is 5.91 Å². The van der Waals surface area contributed by atoms with Gasteiger partial charge in [-0.1, -0.05) is 18.2 Å². The summed E-state index contributed by atoms with van der Waals surface area (Å²) in [5, 5.41) is 2.63. The second-order valence-corrected chi connectivity index (χ2v) is 7.87. The van der Waals surface area contributed by atoms with Gasteiger partial charge in [-0.15, -0.1) is 0 Å². The monoisotopic (exact) mass is 411 g/mol. The van der Waals surface area contributed by atoms with Crippen LogP contribution in [-0.4, -0.2) is 49.0 Å². The number of nitrogens with zero attached hydrogens (tertiary/aromatic N) is 2. The highest BCUT2D eigenvalue weighted by molar-refractivity contribution is 5.95. The third kappa shape index (κ3) is 4.40. The van der Waals surface area contributed by atoms with E-state index < -0.39 is 11.9 Å². The summed E-state index contributed by atoms with van der Waals surface area (Å²) in [6, 6.07) is 12.0. The number of rotatable bonds is 4. The number of fused-ring (bicyclic) bond motifs is 1. The topological polar surface area (TPSA) is 61.9 Å². The number of carbonyl (C=O) groups is 2. The normalized spacial score (nSPS) is 18.4. The Hall–Kier alpha value is -3.09. The minimum absolute atomic E-state index is 0.00251. The molecule has 158 valence electrons. The number of aryl methyl sites for hydroxylation is 1. The van der Waals surface area contributed by atoms with Crippen LogP contribution in [0.3, 0.4) is 0 Å². The number of amides is 2. The van der Waals surface area contributed by atoms with Crippen LogP contribution in [-0.2, 0) is 9.59 Å². The molecular weight excluding hydrogens is 385 g/mol. The van der Waals surface area contributed by atoms with Crippen molar-refractivity contribution in [3.63, 3.8) is 0 Å². The second-order valence-electron chi connectivity index (χ2n) is 7.87. The zero-order chi connectivity index (χ0) is 21.1. The molecule has 6 nitrogen and oxygen atoms in total. The van der Waals surface area contributed by atoms with Gasteiger partial charge in [-0.3, -0.25) is 9.59 Å². The molecule has 30 heavy (non-hydrogen) atoms. The fourth-order valence-electron chi connectivity index (χ4n) is 3.99. The number of halogens is 1. The van der Waals surface area contributed by atoms with E-state index in [1.807, 2.05) is 28.0 Å². The molecular formula is C23H26FN3O3. The third-order valence-electron chi connectivity index (χ3n) is 5.54. The molecule has 2 aromatic carbocycles. The van der Waals surface area contributed by atoms with Gasteiger partial charge < -0.3 is 19.9 Å². The molecule has 0 saturated carbocycles. The van der Waals surface area contributed by atoms with Crippen LogP contribution in [0.4, 0.5) is 15.8 Å². The molecule has 2 amide bonds. The van der Waals surface area contributed by atoms with Gasteiger partial charge in [0.2, 0.25) is 5.91 Å². The van der Waals surface area contributed by atoms with E-state index >= 15 is 0 Å². The first-order valence-electron chi connectivity index (χ1n) is 10.4. The number of para-hydroxylation sites is 2. The maximum Gasteiger partial charge on any atom is 0.265 e. The van der Waals surface area contributed by atoms with Crippen LogP contribution in [0.5, 0.6) is 5.75 Å². The Morgan fingerprint density at radius 3 is 2.67 bits per heavy atom. The summed E-state index contributed by atoms with van der Waals surface area (Å²) in [5.41, 5.74) is 1.68. The molecule has 1 fully saturated rings. The fraction of sp³-hybridized carbons (Fsp3) is 0.391. The van der Waals surface area contributed by atoms with E-state index in [4.69, 9.17) is 4.74 Å². The highest BCUT2D eigenvalue weighted by atomic mass is 19.1. The third-order valence-corrected chi connectivity index (χ3v) is 5.54. The molecule has 2 aromatic rings. The minimum atomic E-state index is -0.665. The summed E-state index contributed by atoms with van der Waals surface area (Å²) in [6.45, 7) is 3.55. The maximum atomic E-state index is 14.1. The van der Waals surface area contributed by atoms with Crippen molar-refractivity contribution in [1.29, 1.82) is 0 Å². The Kier molecular flexibility index (Phi) is 5.88. The number of anilines is 2.